The van der Waals surface area contributed by atoms with E-state index in [1.54, 1.807) is 32.4 Å². The van der Waals surface area contributed by atoms with E-state index in [0.717, 1.165) is 10.1 Å². The highest BCUT2D eigenvalue weighted by Gasteiger charge is 2.34. The van der Waals surface area contributed by atoms with Crippen molar-refractivity contribution in [3.63, 3.8) is 0 Å². The van der Waals surface area contributed by atoms with Gasteiger partial charge in [-0.05, 0) is 35.9 Å². The second-order valence-electron chi connectivity index (χ2n) is 7.82. The van der Waals surface area contributed by atoms with Crippen LogP contribution in [0.25, 0.3) is 22.2 Å². The third kappa shape index (κ3) is 2.83. The summed E-state index contributed by atoms with van der Waals surface area (Å²) in [7, 11) is 4.67. The SMILES string of the molecule is COc1ccc(-c2c3c(=O)n(C)c(=O)n(C)c3c3n2CCOC3c2ccccc2F)cc1. The maximum atomic E-state index is 14.8. The lowest BCUT2D eigenvalue weighted by Gasteiger charge is -2.28. The molecule has 0 bridgehead atoms. The van der Waals surface area contributed by atoms with Gasteiger partial charge in [-0.25, -0.2) is 9.18 Å². The molecule has 0 fully saturated rings. The van der Waals surface area contributed by atoms with Crippen molar-refractivity contribution in [3.8, 4) is 17.0 Å². The molecule has 0 saturated heterocycles. The molecule has 0 spiro atoms. The third-order valence-electron chi connectivity index (χ3n) is 6.10. The molecule has 4 aromatic rings. The summed E-state index contributed by atoms with van der Waals surface area (Å²) in [6, 6.07) is 13.8. The van der Waals surface area contributed by atoms with E-state index in [2.05, 4.69) is 0 Å². The van der Waals surface area contributed by atoms with Gasteiger partial charge in [0.15, 0.2) is 0 Å². The van der Waals surface area contributed by atoms with E-state index in [-0.39, 0.29) is 0 Å². The maximum absolute atomic E-state index is 14.8. The van der Waals surface area contributed by atoms with Crippen LogP contribution < -0.4 is 16.0 Å². The summed E-state index contributed by atoms with van der Waals surface area (Å²) in [4.78, 5) is 26.2. The average Bonchev–Trinajstić information content (AvgIpc) is 3.17. The largest absolute Gasteiger partial charge is 0.497 e. The number of aryl methyl sites for hydroxylation is 1. The summed E-state index contributed by atoms with van der Waals surface area (Å²) in [6.45, 7) is 0.804. The minimum atomic E-state index is -0.753. The molecule has 0 saturated carbocycles. The predicted octanol–water partition coefficient (Wildman–Crippen LogP) is 2.97. The minimum Gasteiger partial charge on any atom is -0.497 e. The van der Waals surface area contributed by atoms with Gasteiger partial charge in [0.25, 0.3) is 5.56 Å². The van der Waals surface area contributed by atoms with E-state index < -0.39 is 23.2 Å². The smallest absolute Gasteiger partial charge is 0.331 e. The van der Waals surface area contributed by atoms with Crippen molar-refractivity contribution in [1.82, 2.24) is 13.7 Å². The van der Waals surface area contributed by atoms with Crippen LogP contribution in [0.1, 0.15) is 17.4 Å². The van der Waals surface area contributed by atoms with E-state index in [0.29, 0.717) is 46.8 Å². The van der Waals surface area contributed by atoms with Crippen LogP contribution in [-0.4, -0.2) is 27.4 Å². The van der Waals surface area contributed by atoms with Crippen molar-refractivity contribution < 1.29 is 13.9 Å². The fraction of sp³-hybridized carbons (Fsp3) is 0.250. The van der Waals surface area contributed by atoms with Gasteiger partial charge in [0, 0.05) is 26.2 Å². The number of halogens is 1. The Morgan fingerprint density at radius 2 is 1.75 bits per heavy atom. The van der Waals surface area contributed by atoms with E-state index in [1.165, 1.54) is 17.7 Å². The van der Waals surface area contributed by atoms with Gasteiger partial charge in [-0.15, -0.1) is 0 Å². The van der Waals surface area contributed by atoms with Crippen LogP contribution in [0.3, 0.4) is 0 Å². The van der Waals surface area contributed by atoms with E-state index in [9.17, 15) is 14.0 Å². The Morgan fingerprint density at radius 1 is 1.03 bits per heavy atom. The Balaban J connectivity index is 1.93. The number of aromatic nitrogens is 3. The lowest BCUT2D eigenvalue weighted by atomic mass is 10.0. The van der Waals surface area contributed by atoms with Crippen molar-refractivity contribution in [1.29, 1.82) is 0 Å². The van der Waals surface area contributed by atoms with Crippen molar-refractivity contribution in [2.75, 3.05) is 13.7 Å². The summed E-state index contributed by atoms with van der Waals surface area (Å²) in [5.74, 6) is 0.288. The zero-order valence-electron chi connectivity index (χ0n) is 18.0. The Bertz CT molecular complexity index is 1460. The Labute approximate surface area is 182 Å². The van der Waals surface area contributed by atoms with Gasteiger partial charge in [-0.2, -0.15) is 0 Å². The van der Waals surface area contributed by atoms with Crippen LogP contribution in [-0.2, 0) is 25.4 Å². The molecule has 3 heterocycles. The summed E-state index contributed by atoms with van der Waals surface area (Å²) >= 11 is 0. The number of benzene rings is 2. The zero-order chi connectivity index (χ0) is 22.6. The molecule has 0 radical (unpaired) electrons. The van der Waals surface area contributed by atoms with Gasteiger partial charge in [0.05, 0.1) is 36.0 Å². The first kappa shape index (κ1) is 20.3. The standard InChI is InChI=1S/C24H22FN3O4/c1-26-20-18(23(29)27(2)24(26)30)19(14-8-10-15(31-3)11-9-14)28-12-13-32-22(21(20)28)16-6-4-5-7-17(16)25/h4-11,22H,12-13H2,1-3H3. The van der Waals surface area contributed by atoms with Crippen LogP contribution in [0.4, 0.5) is 4.39 Å². The quantitative estimate of drug-likeness (QED) is 0.496. The summed E-state index contributed by atoms with van der Waals surface area (Å²) < 4.78 is 30.6. The Kier molecular flexibility index (Phi) is 4.74. The average molecular weight is 435 g/mol. The van der Waals surface area contributed by atoms with Gasteiger partial charge in [-0.1, -0.05) is 18.2 Å². The molecule has 164 valence electrons. The molecule has 0 N–H and O–H groups in total. The molecule has 5 rings (SSSR count). The topological polar surface area (TPSA) is 67.4 Å². The van der Waals surface area contributed by atoms with Gasteiger partial charge < -0.3 is 14.0 Å². The number of rotatable bonds is 3. The zero-order valence-corrected chi connectivity index (χ0v) is 18.0. The molecule has 0 aliphatic carbocycles. The van der Waals surface area contributed by atoms with Crippen molar-refractivity contribution >= 4 is 10.9 Å². The highest BCUT2D eigenvalue weighted by molar-refractivity contribution is 5.96. The number of ether oxygens (including phenoxy) is 2. The van der Waals surface area contributed by atoms with Crippen LogP contribution in [0.2, 0.25) is 0 Å². The maximum Gasteiger partial charge on any atom is 0.331 e. The second-order valence-corrected chi connectivity index (χ2v) is 7.82. The lowest BCUT2D eigenvalue weighted by Crippen LogP contribution is -2.37. The van der Waals surface area contributed by atoms with Crippen LogP contribution >= 0.6 is 0 Å². The molecule has 32 heavy (non-hydrogen) atoms. The van der Waals surface area contributed by atoms with Crippen molar-refractivity contribution in [2.24, 2.45) is 14.1 Å². The van der Waals surface area contributed by atoms with Gasteiger partial charge >= 0.3 is 5.69 Å². The molecule has 2 aromatic heterocycles. The third-order valence-corrected chi connectivity index (χ3v) is 6.10. The second kappa shape index (κ2) is 7.49. The molecule has 7 nitrogen and oxygen atoms in total. The molecule has 1 aliphatic rings. The monoisotopic (exact) mass is 435 g/mol. The highest BCUT2D eigenvalue weighted by Crippen LogP contribution is 2.41. The molecular formula is C24H22FN3O4. The first-order valence-electron chi connectivity index (χ1n) is 10.3. The minimum absolute atomic E-state index is 0.338. The predicted molar refractivity (Wildman–Crippen MR) is 119 cm³/mol. The first-order valence-corrected chi connectivity index (χ1v) is 10.3. The van der Waals surface area contributed by atoms with Gasteiger partial charge in [-0.3, -0.25) is 13.9 Å². The van der Waals surface area contributed by atoms with Crippen LogP contribution in [0, 0.1) is 5.82 Å². The molecule has 0 amide bonds. The van der Waals surface area contributed by atoms with E-state index >= 15 is 0 Å². The summed E-state index contributed by atoms with van der Waals surface area (Å²) in [6.07, 6.45) is -0.753. The number of hydrogen-bond acceptors (Lipinski definition) is 4. The van der Waals surface area contributed by atoms with E-state index in [4.69, 9.17) is 9.47 Å². The Morgan fingerprint density at radius 3 is 2.44 bits per heavy atom. The number of hydrogen-bond donors (Lipinski definition) is 0. The number of methoxy groups -OCH3 is 1. The van der Waals surface area contributed by atoms with E-state index in [1.807, 2.05) is 28.8 Å². The molecule has 1 atom stereocenters. The lowest BCUT2D eigenvalue weighted by molar-refractivity contribution is 0.0457. The first-order chi connectivity index (χ1) is 15.4. The van der Waals surface area contributed by atoms with Crippen LogP contribution in [0.5, 0.6) is 5.75 Å². The summed E-state index contributed by atoms with van der Waals surface area (Å²) in [5, 5.41) is 0.404. The van der Waals surface area contributed by atoms with Crippen molar-refractivity contribution in [3.05, 3.63) is 86.4 Å². The van der Waals surface area contributed by atoms with Gasteiger partial charge in [0.1, 0.15) is 17.7 Å². The molecular weight excluding hydrogens is 413 g/mol. The van der Waals surface area contributed by atoms with Crippen LogP contribution in [0.15, 0.2) is 58.1 Å². The molecule has 8 heteroatoms. The highest BCUT2D eigenvalue weighted by atomic mass is 19.1. The van der Waals surface area contributed by atoms with Crippen molar-refractivity contribution in [2.45, 2.75) is 12.6 Å². The number of fused-ring (bicyclic) bond motifs is 3. The summed E-state index contributed by atoms with van der Waals surface area (Å²) in [5.41, 5.74) is 2.04. The fourth-order valence-electron chi connectivity index (χ4n) is 4.55. The molecule has 2 aromatic carbocycles. The fourth-order valence-corrected chi connectivity index (χ4v) is 4.55. The van der Waals surface area contributed by atoms with Gasteiger partial charge in [0.2, 0.25) is 0 Å². The Hall–Kier alpha value is -3.65. The number of nitrogens with zero attached hydrogens (tertiary/aromatic N) is 3. The normalized spacial score (nSPS) is 15.7. The molecule has 1 unspecified atom stereocenters. The molecule has 1 aliphatic heterocycles.